The van der Waals surface area contributed by atoms with Gasteiger partial charge < -0.3 is 19.5 Å². The summed E-state index contributed by atoms with van der Waals surface area (Å²) in [6.45, 7) is 1.57. The fourth-order valence-electron chi connectivity index (χ4n) is 2.67. The number of furan rings is 1. The Hall–Kier alpha value is -3.39. The minimum absolute atomic E-state index is 0.206. The maximum atomic E-state index is 12.8. The van der Waals surface area contributed by atoms with E-state index in [1.54, 1.807) is 54.2 Å². The topological polar surface area (TPSA) is 83.6 Å². The van der Waals surface area contributed by atoms with Crippen molar-refractivity contribution in [2.45, 2.75) is 6.54 Å². The van der Waals surface area contributed by atoms with Crippen LogP contribution in [0.25, 0.3) is 0 Å². The Morgan fingerprint density at radius 1 is 1.11 bits per heavy atom. The fraction of sp³-hybridized carbons (Fsp3) is 0.250. The minimum atomic E-state index is -0.340. The number of para-hydroxylation sites is 1. The van der Waals surface area contributed by atoms with Gasteiger partial charge in [0.25, 0.3) is 11.8 Å². The Bertz CT molecular complexity index is 946. The second-order valence-corrected chi connectivity index (χ2v) is 6.58. The smallest absolute Gasteiger partial charge is 0.293 e. The lowest BCUT2D eigenvalue weighted by Crippen LogP contribution is -2.28. The third kappa shape index (κ3) is 4.47. The third-order valence-corrected chi connectivity index (χ3v) is 4.21. The molecule has 28 heavy (non-hydrogen) atoms. The zero-order valence-electron chi connectivity index (χ0n) is 16.1. The highest BCUT2D eigenvalue weighted by molar-refractivity contribution is 6.12. The van der Waals surface area contributed by atoms with Gasteiger partial charge in [-0.1, -0.05) is 12.1 Å². The first-order chi connectivity index (χ1) is 13.5. The third-order valence-electron chi connectivity index (χ3n) is 4.21. The van der Waals surface area contributed by atoms with E-state index in [1.807, 2.05) is 20.3 Å². The van der Waals surface area contributed by atoms with Gasteiger partial charge in [-0.25, -0.2) is 0 Å². The Balaban J connectivity index is 1.75. The molecule has 0 aliphatic heterocycles. The van der Waals surface area contributed by atoms with Gasteiger partial charge in [0, 0.05) is 25.9 Å². The van der Waals surface area contributed by atoms with Crippen molar-refractivity contribution in [1.82, 2.24) is 14.7 Å². The van der Waals surface area contributed by atoms with Gasteiger partial charge in [0.2, 0.25) is 0 Å². The molecule has 3 rings (SSSR count). The molecule has 2 heterocycles. The highest BCUT2D eigenvalue weighted by Gasteiger charge is 2.21. The number of carbonyl (C=O) groups excluding carboxylic acids is 2. The fourth-order valence-corrected chi connectivity index (χ4v) is 2.67. The highest BCUT2D eigenvalue weighted by atomic mass is 16.3. The second-order valence-electron chi connectivity index (χ2n) is 6.58. The second kappa shape index (κ2) is 8.53. The van der Waals surface area contributed by atoms with E-state index in [0.29, 0.717) is 17.1 Å². The normalized spacial score (nSPS) is 10.9. The summed E-state index contributed by atoms with van der Waals surface area (Å²) in [5.74, 6) is -0.0123. The van der Waals surface area contributed by atoms with Crippen molar-refractivity contribution >= 4 is 23.3 Å². The standard InChI is InChI=1S/C20H23N5O3/c1-23(2)12-13-25-11-10-18(22-25)21-19(26)15-7-4-5-8-16(15)24(3)20(27)17-9-6-14-28-17/h4-11,14H,12-13H2,1-3H3,(H,21,22,26). The molecule has 3 aromatic rings. The molecule has 1 aromatic carbocycles. The van der Waals surface area contributed by atoms with Crippen LogP contribution in [0.3, 0.4) is 0 Å². The van der Waals surface area contributed by atoms with Crippen LogP contribution in [0.2, 0.25) is 0 Å². The molecule has 0 saturated carbocycles. The number of hydrogen-bond acceptors (Lipinski definition) is 5. The number of rotatable bonds is 7. The summed E-state index contributed by atoms with van der Waals surface area (Å²) in [5, 5.41) is 7.15. The number of carbonyl (C=O) groups is 2. The minimum Gasteiger partial charge on any atom is -0.459 e. The highest BCUT2D eigenvalue weighted by Crippen LogP contribution is 2.22. The summed E-state index contributed by atoms with van der Waals surface area (Å²) < 4.78 is 6.94. The number of nitrogens with one attached hydrogen (secondary N) is 1. The number of likely N-dealkylation sites (N-methyl/N-ethyl adjacent to an activating group) is 1. The van der Waals surface area contributed by atoms with Gasteiger partial charge in [0.15, 0.2) is 11.6 Å². The SMILES string of the molecule is CN(C)CCn1ccc(NC(=O)c2ccccc2N(C)C(=O)c2ccco2)n1. The van der Waals surface area contributed by atoms with E-state index < -0.39 is 0 Å². The molecule has 8 heteroatoms. The molecule has 0 aliphatic rings. The van der Waals surface area contributed by atoms with Gasteiger partial charge in [-0.05, 0) is 38.4 Å². The molecule has 1 N–H and O–H groups in total. The van der Waals surface area contributed by atoms with Gasteiger partial charge in [0.1, 0.15) is 0 Å². The first-order valence-electron chi connectivity index (χ1n) is 8.86. The number of benzene rings is 1. The van der Waals surface area contributed by atoms with E-state index in [0.717, 1.165) is 13.1 Å². The van der Waals surface area contributed by atoms with Crippen LogP contribution >= 0.6 is 0 Å². The monoisotopic (exact) mass is 381 g/mol. The predicted molar refractivity (Wildman–Crippen MR) is 107 cm³/mol. The van der Waals surface area contributed by atoms with Crippen LogP contribution < -0.4 is 10.2 Å². The number of aromatic nitrogens is 2. The molecule has 0 atom stereocenters. The number of amides is 2. The van der Waals surface area contributed by atoms with Crippen molar-refractivity contribution < 1.29 is 14.0 Å². The van der Waals surface area contributed by atoms with Crippen LogP contribution in [0, 0.1) is 0 Å². The van der Waals surface area contributed by atoms with E-state index in [2.05, 4.69) is 15.3 Å². The Morgan fingerprint density at radius 3 is 2.61 bits per heavy atom. The Kier molecular flexibility index (Phi) is 5.90. The largest absolute Gasteiger partial charge is 0.459 e. The van der Waals surface area contributed by atoms with Gasteiger partial charge in [-0.15, -0.1) is 0 Å². The van der Waals surface area contributed by atoms with E-state index in [1.165, 1.54) is 11.2 Å². The average Bonchev–Trinajstić information content (AvgIpc) is 3.37. The van der Waals surface area contributed by atoms with Gasteiger partial charge in [-0.3, -0.25) is 14.3 Å². The van der Waals surface area contributed by atoms with Crippen LogP contribution in [0.15, 0.2) is 59.3 Å². The van der Waals surface area contributed by atoms with Gasteiger partial charge in [0.05, 0.1) is 24.1 Å². The maximum absolute atomic E-state index is 12.8. The van der Waals surface area contributed by atoms with Crippen molar-refractivity contribution in [3.05, 3.63) is 66.2 Å². The number of hydrogen-bond donors (Lipinski definition) is 1. The summed E-state index contributed by atoms with van der Waals surface area (Å²) in [5.41, 5.74) is 0.848. The van der Waals surface area contributed by atoms with Crippen molar-refractivity contribution in [2.24, 2.45) is 0 Å². The summed E-state index contributed by atoms with van der Waals surface area (Å²) >= 11 is 0. The molecule has 0 spiro atoms. The van der Waals surface area contributed by atoms with Crippen molar-refractivity contribution in [3.63, 3.8) is 0 Å². The van der Waals surface area contributed by atoms with Crippen LogP contribution in [0.1, 0.15) is 20.9 Å². The van der Waals surface area contributed by atoms with Crippen molar-refractivity contribution in [2.75, 3.05) is 37.9 Å². The molecule has 0 radical (unpaired) electrons. The molecule has 146 valence electrons. The first-order valence-corrected chi connectivity index (χ1v) is 8.86. The van der Waals surface area contributed by atoms with E-state index in [9.17, 15) is 9.59 Å². The van der Waals surface area contributed by atoms with Gasteiger partial charge in [-0.2, -0.15) is 5.10 Å². The van der Waals surface area contributed by atoms with Crippen molar-refractivity contribution in [1.29, 1.82) is 0 Å². The Labute approximate surface area is 163 Å². The molecule has 0 saturated heterocycles. The molecule has 0 unspecified atom stereocenters. The molecule has 2 aromatic heterocycles. The van der Waals surface area contributed by atoms with E-state index in [4.69, 9.17) is 4.42 Å². The summed E-state index contributed by atoms with van der Waals surface area (Å²) in [4.78, 5) is 28.8. The number of nitrogens with zero attached hydrogens (tertiary/aromatic N) is 4. The predicted octanol–water partition coefficient (Wildman–Crippen LogP) is 2.57. The summed E-state index contributed by atoms with van der Waals surface area (Å²) in [6.07, 6.45) is 3.25. The first kappa shape index (κ1) is 19.4. The molecule has 2 amide bonds. The van der Waals surface area contributed by atoms with Crippen molar-refractivity contribution in [3.8, 4) is 0 Å². The lowest BCUT2D eigenvalue weighted by molar-refractivity contribution is 0.0966. The molecule has 8 nitrogen and oxygen atoms in total. The van der Waals surface area contributed by atoms with Gasteiger partial charge >= 0.3 is 0 Å². The Morgan fingerprint density at radius 2 is 1.89 bits per heavy atom. The zero-order valence-corrected chi connectivity index (χ0v) is 16.1. The quantitative estimate of drug-likeness (QED) is 0.680. The molecule has 0 fully saturated rings. The summed E-state index contributed by atoms with van der Waals surface area (Å²) in [6, 6.07) is 11.9. The van der Waals surface area contributed by atoms with E-state index in [-0.39, 0.29) is 17.6 Å². The molecule has 0 aliphatic carbocycles. The van der Waals surface area contributed by atoms with Crippen LogP contribution in [0.5, 0.6) is 0 Å². The zero-order chi connectivity index (χ0) is 20.1. The lowest BCUT2D eigenvalue weighted by Gasteiger charge is -2.19. The van der Waals surface area contributed by atoms with Crippen LogP contribution in [0.4, 0.5) is 11.5 Å². The maximum Gasteiger partial charge on any atom is 0.293 e. The van der Waals surface area contributed by atoms with E-state index >= 15 is 0 Å². The van der Waals surface area contributed by atoms with Crippen LogP contribution in [-0.2, 0) is 6.54 Å². The number of anilines is 2. The summed E-state index contributed by atoms with van der Waals surface area (Å²) in [7, 11) is 5.58. The molecule has 0 bridgehead atoms. The molecular weight excluding hydrogens is 358 g/mol. The molecular formula is C20H23N5O3. The van der Waals surface area contributed by atoms with Crippen LogP contribution in [-0.4, -0.2) is 54.2 Å². The average molecular weight is 381 g/mol. The lowest BCUT2D eigenvalue weighted by atomic mass is 10.1.